The molecule has 4 rings (SSSR count). The molecular formula is C14H14N4O4. The highest BCUT2D eigenvalue weighted by Gasteiger charge is 2.35. The van der Waals surface area contributed by atoms with Gasteiger partial charge in [-0.3, -0.25) is 4.79 Å². The Kier molecular flexibility index (Phi) is 2.96. The Morgan fingerprint density at radius 3 is 3.09 bits per heavy atom. The monoisotopic (exact) mass is 302 g/mol. The number of aliphatic imine (C=N–C) groups is 1. The molecule has 114 valence electrons. The zero-order chi connectivity index (χ0) is 15.3. The fraction of sp³-hybridized carbons (Fsp3) is 0.357. The first kappa shape index (κ1) is 13.4. The quantitative estimate of drug-likeness (QED) is 0.727. The molecule has 2 aromatic rings. The summed E-state index contributed by atoms with van der Waals surface area (Å²) in [6.07, 6.45) is 1.90. The van der Waals surface area contributed by atoms with Gasteiger partial charge >= 0.3 is 0 Å². The maximum atomic E-state index is 11.6. The van der Waals surface area contributed by atoms with Crippen LogP contribution in [-0.2, 0) is 4.74 Å². The average molecular weight is 302 g/mol. The zero-order valence-corrected chi connectivity index (χ0v) is 11.5. The number of rotatable bonds is 2. The van der Waals surface area contributed by atoms with Crippen LogP contribution < -0.4 is 10.9 Å². The van der Waals surface area contributed by atoms with E-state index in [1.54, 1.807) is 10.6 Å². The molecule has 0 spiro atoms. The van der Waals surface area contributed by atoms with Crippen molar-refractivity contribution in [3.63, 3.8) is 0 Å². The van der Waals surface area contributed by atoms with Gasteiger partial charge in [0.1, 0.15) is 24.0 Å². The Labute approximate surface area is 124 Å². The molecule has 4 heterocycles. The van der Waals surface area contributed by atoms with Crippen LogP contribution in [0.2, 0.25) is 0 Å². The Morgan fingerprint density at radius 1 is 1.45 bits per heavy atom. The van der Waals surface area contributed by atoms with E-state index in [-0.39, 0.29) is 12.2 Å². The highest BCUT2D eigenvalue weighted by Crippen LogP contribution is 2.39. The fourth-order valence-corrected chi connectivity index (χ4v) is 2.93. The van der Waals surface area contributed by atoms with Crippen LogP contribution in [0.3, 0.4) is 0 Å². The van der Waals surface area contributed by atoms with Crippen LogP contribution in [0, 0.1) is 0 Å². The van der Waals surface area contributed by atoms with Crippen molar-refractivity contribution in [2.45, 2.75) is 24.9 Å². The first-order valence-corrected chi connectivity index (χ1v) is 6.97. The van der Waals surface area contributed by atoms with Gasteiger partial charge < -0.3 is 24.8 Å². The molecule has 0 aromatic carbocycles. The Balaban J connectivity index is 1.88. The number of anilines is 1. The molecule has 3 N–H and O–H groups in total. The Bertz CT molecular complexity index is 831. The van der Waals surface area contributed by atoms with E-state index in [4.69, 9.17) is 4.74 Å². The third-order valence-electron chi connectivity index (χ3n) is 3.98. The molecule has 1 saturated heterocycles. The van der Waals surface area contributed by atoms with Crippen molar-refractivity contribution in [1.82, 2.24) is 9.55 Å². The van der Waals surface area contributed by atoms with Crippen molar-refractivity contribution in [2.75, 3.05) is 11.9 Å². The predicted molar refractivity (Wildman–Crippen MR) is 79.4 cm³/mol. The number of nitrogens with zero attached hydrogens (tertiary/aromatic N) is 3. The summed E-state index contributed by atoms with van der Waals surface area (Å²) >= 11 is 0. The molecular weight excluding hydrogens is 288 g/mol. The standard InChI is InChI=1S/C14H14N4O4/c19-5-9-8(20)3-11(22-9)18-4-7-1-2-10(21)17-13-12(7)14(18)16-6-15-13/h1-2,4,6,8-9,11,19-20H,3,5H2,(H,15,16,17,21)/t8?,9-,11-/m1/s1. The normalized spacial score (nSPS) is 26.4. The van der Waals surface area contributed by atoms with Crippen LogP contribution in [0.1, 0.15) is 12.6 Å². The van der Waals surface area contributed by atoms with Crippen molar-refractivity contribution in [3.8, 4) is 0 Å². The third-order valence-corrected chi connectivity index (χ3v) is 3.98. The molecule has 0 radical (unpaired) electrons. The summed E-state index contributed by atoms with van der Waals surface area (Å²) in [6.45, 7) is -0.236. The van der Waals surface area contributed by atoms with E-state index in [9.17, 15) is 15.0 Å². The van der Waals surface area contributed by atoms with Crippen LogP contribution >= 0.6 is 0 Å². The fourth-order valence-electron chi connectivity index (χ4n) is 2.93. The van der Waals surface area contributed by atoms with Crippen molar-refractivity contribution in [1.29, 1.82) is 0 Å². The summed E-state index contributed by atoms with van der Waals surface area (Å²) in [5, 5.41) is 23.5. The number of aliphatic hydroxyl groups is 2. The van der Waals surface area contributed by atoms with E-state index in [1.807, 2.05) is 6.20 Å². The minimum atomic E-state index is -0.722. The molecule has 3 atom stereocenters. The van der Waals surface area contributed by atoms with Crippen LogP contribution in [0.25, 0.3) is 10.8 Å². The van der Waals surface area contributed by atoms with Crippen molar-refractivity contribution < 1.29 is 14.9 Å². The summed E-state index contributed by atoms with van der Waals surface area (Å²) < 4.78 is 7.48. The summed E-state index contributed by atoms with van der Waals surface area (Å²) in [5.74, 6) is 1.06. The summed E-state index contributed by atoms with van der Waals surface area (Å²) in [6, 6.07) is 3.08. The second-order valence-electron chi connectivity index (χ2n) is 5.34. The maximum absolute atomic E-state index is 11.6. The molecule has 8 nitrogen and oxygen atoms in total. The number of nitrogens with one attached hydrogen (secondary N) is 1. The minimum Gasteiger partial charge on any atom is -0.394 e. The highest BCUT2D eigenvalue weighted by atomic mass is 16.5. The van der Waals surface area contributed by atoms with E-state index >= 15 is 0 Å². The SMILES string of the molecule is O=c1ccc2cn([C@H]3CC(O)[C@@H](CO)O3)c3c2c(n1)NC=N3. The van der Waals surface area contributed by atoms with Gasteiger partial charge in [0.2, 0.25) is 0 Å². The molecule has 0 amide bonds. The molecule has 0 saturated carbocycles. The molecule has 2 aliphatic rings. The molecule has 0 bridgehead atoms. The largest absolute Gasteiger partial charge is 0.394 e. The number of hydrogen-bond donors (Lipinski definition) is 3. The minimum absolute atomic E-state index is 0.236. The van der Waals surface area contributed by atoms with Gasteiger partial charge in [-0.15, -0.1) is 0 Å². The van der Waals surface area contributed by atoms with Gasteiger partial charge in [0.05, 0.1) is 24.4 Å². The second-order valence-corrected chi connectivity index (χ2v) is 5.34. The number of aromatic nitrogens is 2. The van der Waals surface area contributed by atoms with Gasteiger partial charge in [-0.2, -0.15) is 4.98 Å². The van der Waals surface area contributed by atoms with Gasteiger partial charge in [0.15, 0.2) is 0 Å². The molecule has 0 aliphatic carbocycles. The van der Waals surface area contributed by atoms with Gasteiger partial charge in [-0.05, 0) is 6.07 Å². The van der Waals surface area contributed by atoms with E-state index in [2.05, 4.69) is 15.3 Å². The van der Waals surface area contributed by atoms with Gasteiger partial charge in [-0.1, -0.05) is 0 Å². The average Bonchev–Trinajstić information content (AvgIpc) is 3.01. The van der Waals surface area contributed by atoms with Crippen LogP contribution in [0.5, 0.6) is 0 Å². The maximum Gasteiger partial charge on any atom is 0.271 e. The number of ether oxygens (including phenoxy) is 1. The molecule has 1 unspecified atom stereocenters. The van der Waals surface area contributed by atoms with Crippen LogP contribution in [0.15, 0.2) is 28.1 Å². The topological polar surface area (TPSA) is 109 Å². The smallest absolute Gasteiger partial charge is 0.271 e. The number of aliphatic hydroxyl groups excluding tert-OH is 2. The lowest BCUT2D eigenvalue weighted by Gasteiger charge is -2.16. The zero-order valence-electron chi connectivity index (χ0n) is 11.5. The van der Waals surface area contributed by atoms with E-state index in [0.29, 0.717) is 18.1 Å². The summed E-state index contributed by atoms with van der Waals surface area (Å²) in [4.78, 5) is 19.9. The molecule has 8 heteroatoms. The van der Waals surface area contributed by atoms with E-state index in [1.165, 1.54) is 12.4 Å². The molecule has 1 fully saturated rings. The highest BCUT2D eigenvalue weighted by molar-refractivity contribution is 6.06. The second kappa shape index (κ2) is 4.87. The summed E-state index contributed by atoms with van der Waals surface area (Å²) in [7, 11) is 0. The third kappa shape index (κ3) is 1.92. The molecule has 22 heavy (non-hydrogen) atoms. The lowest BCUT2D eigenvalue weighted by atomic mass is 10.2. The summed E-state index contributed by atoms with van der Waals surface area (Å²) in [5.41, 5.74) is -0.334. The number of hydrogen-bond acceptors (Lipinski definition) is 7. The van der Waals surface area contributed by atoms with E-state index < -0.39 is 18.4 Å². The van der Waals surface area contributed by atoms with Crippen LogP contribution in [0.4, 0.5) is 11.6 Å². The lowest BCUT2D eigenvalue weighted by molar-refractivity contribution is -0.0435. The van der Waals surface area contributed by atoms with Gasteiger partial charge in [0, 0.05) is 24.1 Å². The first-order valence-electron chi connectivity index (χ1n) is 6.97. The first-order chi connectivity index (χ1) is 10.7. The van der Waals surface area contributed by atoms with Gasteiger partial charge in [-0.25, -0.2) is 4.99 Å². The van der Waals surface area contributed by atoms with Crippen molar-refractivity contribution >= 4 is 28.7 Å². The van der Waals surface area contributed by atoms with Crippen LogP contribution in [-0.4, -0.2) is 44.9 Å². The molecule has 2 aliphatic heterocycles. The predicted octanol–water partition coefficient (Wildman–Crippen LogP) is 0.122. The molecule has 2 aromatic heterocycles. The van der Waals surface area contributed by atoms with Crippen molar-refractivity contribution in [3.05, 3.63) is 28.7 Å². The van der Waals surface area contributed by atoms with Gasteiger partial charge in [0.25, 0.3) is 5.56 Å². The van der Waals surface area contributed by atoms with Crippen molar-refractivity contribution in [2.24, 2.45) is 4.99 Å². The Morgan fingerprint density at radius 2 is 2.32 bits per heavy atom. The Hall–Kier alpha value is -2.29. The van der Waals surface area contributed by atoms with E-state index in [0.717, 1.165) is 10.8 Å². The lowest BCUT2D eigenvalue weighted by Crippen LogP contribution is -2.24.